The zero-order valence-electron chi connectivity index (χ0n) is 10.7. The SMILES string of the molecule is Cc1cc(C2CCCc3ccccc32)ccc1O. The highest BCUT2D eigenvalue weighted by Crippen LogP contribution is 2.37. The van der Waals surface area contributed by atoms with Crippen LogP contribution < -0.4 is 0 Å². The lowest BCUT2D eigenvalue weighted by Gasteiger charge is -2.26. The van der Waals surface area contributed by atoms with E-state index < -0.39 is 0 Å². The third-order valence-corrected chi connectivity index (χ3v) is 3.99. The van der Waals surface area contributed by atoms with E-state index in [1.165, 1.54) is 36.0 Å². The van der Waals surface area contributed by atoms with Crippen molar-refractivity contribution in [1.82, 2.24) is 0 Å². The third-order valence-electron chi connectivity index (χ3n) is 3.99. The fourth-order valence-corrected chi connectivity index (χ4v) is 3.00. The van der Waals surface area contributed by atoms with E-state index in [0.29, 0.717) is 11.7 Å². The molecule has 0 spiro atoms. The number of benzene rings is 2. The minimum Gasteiger partial charge on any atom is -0.508 e. The molecule has 1 N–H and O–H groups in total. The van der Waals surface area contributed by atoms with E-state index >= 15 is 0 Å². The highest BCUT2D eigenvalue weighted by Gasteiger charge is 2.21. The van der Waals surface area contributed by atoms with Crippen LogP contribution in [-0.4, -0.2) is 5.11 Å². The lowest BCUT2D eigenvalue weighted by molar-refractivity contribution is 0.470. The van der Waals surface area contributed by atoms with Gasteiger partial charge in [-0.3, -0.25) is 0 Å². The monoisotopic (exact) mass is 238 g/mol. The molecule has 0 aliphatic heterocycles. The molecule has 1 heteroatoms. The normalized spacial score (nSPS) is 18.4. The number of phenolic OH excluding ortho intramolecular Hbond substituents is 1. The van der Waals surface area contributed by atoms with Crippen LogP contribution in [0.5, 0.6) is 5.75 Å². The van der Waals surface area contributed by atoms with Gasteiger partial charge in [-0.2, -0.15) is 0 Å². The maximum absolute atomic E-state index is 9.64. The minimum absolute atomic E-state index is 0.392. The summed E-state index contributed by atoms with van der Waals surface area (Å²) in [7, 11) is 0. The lowest BCUT2D eigenvalue weighted by atomic mass is 9.79. The topological polar surface area (TPSA) is 20.2 Å². The van der Waals surface area contributed by atoms with Crippen molar-refractivity contribution in [3.05, 3.63) is 64.7 Å². The Labute approximate surface area is 108 Å². The molecular formula is C17H18O. The molecule has 0 bridgehead atoms. The van der Waals surface area contributed by atoms with Gasteiger partial charge in [0.25, 0.3) is 0 Å². The number of fused-ring (bicyclic) bond motifs is 1. The van der Waals surface area contributed by atoms with Crippen molar-refractivity contribution in [2.75, 3.05) is 0 Å². The minimum atomic E-state index is 0.392. The lowest BCUT2D eigenvalue weighted by Crippen LogP contribution is -2.10. The summed E-state index contributed by atoms with van der Waals surface area (Å²) < 4.78 is 0. The summed E-state index contributed by atoms with van der Waals surface area (Å²) in [6.07, 6.45) is 3.66. The molecule has 18 heavy (non-hydrogen) atoms. The highest BCUT2D eigenvalue weighted by molar-refractivity contribution is 5.43. The van der Waals surface area contributed by atoms with Crippen LogP contribution in [0.15, 0.2) is 42.5 Å². The number of aryl methyl sites for hydroxylation is 2. The number of hydrogen-bond acceptors (Lipinski definition) is 1. The van der Waals surface area contributed by atoms with E-state index in [9.17, 15) is 5.11 Å². The molecule has 0 amide bonds. The van der Waals surface area contributed by atoms with Gasteiger partial charge in [0.2, 0.25) is 0 Å². The molecule has 92 valence electrons. The fraction of sp³-hybridized carbons (Fsp3) is 0.294. The Morgan fingerprint density at radius 2 is 1.94 bits per heavy atom. The Kier molecular flexibility index (Phi) is 2.83. The Morgan fingerprint density at radius 1 is 1.11 bits per heavy atom. The maximum atomic E-state index is 9.64. The van der Waals surface area contributed by atoms with Gasteiger partial charge in [0.05, 0.1) is 0 Å². The molecule has 0 saturated carbocycles. The first kappa shape index (κ1) is 11.3. The van der Waals surface area contributed by atoms with Gasteiger partial charge in [0, 0.05) is 5.92 Å². The van der Waals surface area contributed by atoms with Crippen molar-refractivity contribution in [1.29, 1.82) is 0 Å². The van der Waals surface area contributed by atoms with Crippen molar-refractivity contribution in [2.45, 2.75) is 32.1 Å². The highest BCUT2D eigenvalue weighted by atomic mass is 16.3. The van der Waals surface area contributed by atoms with E-state index in [4.69, 9.17) is 0 Å². The predicted octanol–water partition coefficient (Wildman–Crippen LogP) is 4.17. The van der Waals surface area contributed by atoms with Gasteiger partial charge >= 0.3 is 0 Å². The molecule has 1 aliphatic rings. The van der Waals surface area contributed by atoms with Crippen LogP contribution in [0.1, 0.15) is 41.0 Å². The molecule has 0 saturated heterocycles. The Hall–Kier alpha value is -1.76. The Morgan fingerprint density at radius 3 is 2.78 bits per heavy atom. The number of aromatic hydroxyl groups is 1. The molecule has 1 aliphatic carbocycles. The summed E-state index contributed by atoms with van der Waals surface area (Å²) in [5.41, 5.74) is 5.25. The molecule has 3 rings (SSSR count). The molecular weight excluding hydrogens is 220 g/mol. The second kappa shape index (κ2) is 4.49. The molecule has 1 nitrogen and oxygen atoms in total. The van der Waals surface area contributed by atoms with E-state index in [1.807, 2.05) is 13.0 Å². The first-order valence-electron chi connectivity index (χ1n) is 6.63. The molecule has 0 heterocycles. The second-order valence-corrected chi connectivity index (χ2v) is 5.19. The maximum Gasteiger partial charge on any atom is 0.118 e. The molecule has 0 fully saturated rings. The number of hydrogen-bond donors (Lipinski definition) is 1. The van der Waals surface area contributed by atoms with Crippen LogP contribution in [0.25, 0.3) is 0 Å². The molecule has 2 aromatic carbocycles. The van der Waals surface area contributed by atoms with E-state index in [0.717, 1.165) is 5.56 Å². The first-order chi connectivity index (χ1) is 8.75. The Bertz CT molecular complexity index is 572. The van der Waals surface area contributed by atoms with Gasteiger partial charge in [-0.25, -0.2) is 0 Å². The first-order valence-corrected chi connectivity index (χ1v) is 6.63. The zero-order chi connectivity index (χ0) is 12.5. The summed E-state index contributed by atoms with van der Waals surface area (Å²) >= 11 is 0. The summed E-state index contributed by atoms with van der Waals surface area (Å²) in [5, 5.41) is 9.64. The fourth-order valence-electron chi connectivity index (χ4n) is 3.00. The van der Waals surface area contributed by atoms with Crippen LogP contribution in [0, 0.1) is 6.92 Å². The summed E-state index contributed by atoms with van der Waals surface area (Å²) in [6, 6.07) is 14.8. The smallest absolute Gasteiger partial charge is 0.118 e. The molecule has 0 aromatic heterocycles. The largest absolute Gasteiger partial charge is 0.508 e. The average Bonchev–Trinajstić information content (AvgIpc) is 2.41. The summed E-state index contributed by atoms with van der Waals surface area (Å²) in [6.45, 7) is 1.97. The van der Waals surface area contributed by atoms with Gasteiger partial charge in [0.15, 0.2) is 0 Å². The van der Waals surface area contributed by atoms with Gasteiger partial charge in [-0.15, -0.1) is 0 Å². The third kappa shape index (κ3) is 1.90. The zero-order valence-corrected chi connectivity index (χ0v) is 10.7. The van der Waals surface area contributed by atoms with Crippen LogP contribution in [-0.2, 0) is 6.42 Å². The number of rotatable bonds is 1. The van der Waals surface area contributed by atoms with Crippen molar-refractivity contribution >= 4 is 0 Å². The quantitative estimate of drug-likeness (QED) is 0.790. The van der Waals surface area contributed by atoms with Crippen molar-refractivity contribution < 1.29 is 5.11 Å². The van der Waals surface area contributed by atoms with E-state index in [1.54, 1.807) is 0 Å². The van der Waals surface area contributed by atoms with Gasteiger partial charge in [-0.1, -0.05) is 36.4 Å². The van der Waals surface area contributed by atoms with Gasteiger partial charge < -0.3 is 5.11 Å². The van der Waals surface area contributed by atoms with Gasteiger partial charge in [0.1, 0.15) is 5.75 Å². The van der Waals surface area contributed by atoms with E-state index in [-0.39, 0.29) is 0 Å². The molecule has 0 radical (unpaired) electrons. The van der Waals surface area contributed by atoms with Crippen LogP contribution >= 0.6 is 0 Å². The second-order valence-electron chi connectivity index (χ2n) is 5.19. The van der Waals surface area contributed by atoms with Crippen molar-refractivity contribution in [3.8, 4) is 5.75 Å². The molecule has 1 unspecified atom stereocenters. The number of phenols is 1. The van der Waals surface area contributed by atoms with Crippen molar-refractivity contribution in [2.24, 2.45) is 0 Å². The van der Waals surface area contributed by atoms with Crippen LogP contribution in [0.3, 0.4) is 0 Å². The Balaban J connectivity index is 2.05. The molecule has 2 aromatic rings. The van der Waals surface area contributed by atoms with Crippen LogP contribution in [0.2, 0.25) is 0 Å². The summed E-state index contributed by atoms with van der Waals surface area (Å²) in [4.78, 5) is 0. The van der Waals surface area contributed by atoms with Crippen molar-refractivity contribution in [3.63, 3.8) is 0 Å². The summed E-state index contributed by atoms with van der Waals surface area (Å²) in [5.74, 6) is 0.886. The van der Waals surface area contributed by atoms with Gasteiger partial charge in [-0.05, 0) is 54.5 Å². The molecule has 1 atom stereocenters. The standard InChI is InChI=1S/C17H18O/c1-12-11-14(9-10-17(12)18)16-8-4-6-13-5-2-3-7-15(13)16/h2-3,5,7,9-11,16,18H,4,6,8H2,1H3. The predicted molar refractivity (Wildman–Crippen MR) is 74.1 cm³/mol. The van der Waals surface area contributed by atoms with E-state index in [2.05, 4.69) is 36.4 Å². The average molecular weight is 238 g/mol. The van der Waals surface area contributed by atoms with Crippen LogP contribution in [0.4, 0.5) is 0 Å².